The zero-order chi connectivity index (χ0) is 11.6. The molecule has 0 aromatic carbocycles. The molecular formula is C11H18O4. The third-order valence-electron chi connectivity index (χ3n) is 3.22. The molecule has 0 bridgehead atoms. The Morgan fingerprint density at radius 2 is 1.93 bits per heavy atom. The molecule has 1 rings (SSSR count). The van der Waals surface area contributed by atoms with Gasteiger partial charge in [-0.3, -0.25) is 9.59 Å². The Morgan fingerprint density at radius 3 is 2.40 bits per heavy atom. The van der Waals surface area contributed by atoms with Gasteiger partial charge in [0.2, 0.25) is 0 Å². The van der Waals surface area contributed by atoms with Gasteiger partial charge in [0.15, 0.2) is 0 Å². The van der Waals surface area contributed by atoms with Crippen LogP contribution in [0.25, 0.3) is 0 Å². The van der Waals surface area contributed by atoms with Crippen LogP contribution in [0.15, 0.2) is 0 Å². The predicted octanol–water partition coefficient (Wildman–Crippen LogP) is 1.38. The molecule has 0 amide bonds. The molecule has 1 saturated carbocycles. The van der Waals surface area contributed by atoms with Gasteiger partial charge in [-0.1, -0.05) is 20.8 Å². The highest BCUT2D eigenvalue weighted by molar-refractivity contribution is 5.77. The first-order chi connectivity index (χ1) is 6.95. The molecule has 1 aliphatic carbocycles. The quantitative estimate of drug-likeness (QED) is 0.663. The van der Waals surface area contributed by atoms with Gasteiger partial charge in [-0.15, -0.1) is 0 Å². The molecular weight excluding hydrogens is 196 g/mol. The third kappa shape index (κ3) is 2.30. The van der Waals surface area contributed by atoms with Crippen molar-refractivity contribution in [1.82, 2.24) is 0 Å². The smallest absolute Gasteiger partial charge is 0.309 e. The van der Waals surface area contributed by atoms with Crippen molar-refractivity contribution in [2.75, 3.05) is 13.7 Å². The van der Waals surface area contributed by atoms with Crippen LogP contribution in [0.3, 0.4) is 0 Å². The van der Waals surface area contributed by atoms with E-state index in [1.54, 1.807) is 6.92 Å². The maximum Gasteiger partial charge on any atom is 0.309 e. The van der Waals surface area contributed by atoms with Crippen LogP contribution >= 0.6 is 0 Å². The van der Waals surface area contributed by atoms with Gasteiger partial charge in [0.25, 0.3) is 0 Å². The van der Waals surface area contributed by atoms with Crippen LogP contribution in [0.1, 0.15) is 27.2 Å². The van der Waals surface area contributed by atoms with Crippen molar-refractivity contribution in [2.45, 2.75) is 27.2 Å². The molecule has 4 heteroatoms. The molecule has 86 valence electrons. The Bertz CT molecular complexity index is 270. The predicted molar refractivity (Wildman–Crippen MR) is 54.0 cm³/mol. The Labute approximate surface area is 89.9 Å². The van der Waals surface area contributed by atoms with Crippen LogP contribution in [0.4, 0.5) is 0 Å². The first kappa shape index (κ1) is 12.0. The molecule has 2 atom stereocenters. The van der Waals surface area contributed by atoms with Gasteiger partial charge < -0.3 is 9.47 Å². The van der Waals surface area contributed by atoms with Crippen molar-refractivity contribution in [3.8, 4) is 0 Å². The van der Waals surface area contributed by atoms with Crippen LogP contribution in [0, 0.1) is 17.3 Å². The molecule has 0 radical (unpaired) electrons. The SMILES string of the molecule is CCC(=O)OCC1C(C(=O)OC)C1(C)C. The van der Waals surface area contributed by atoms with E-state index in [0.29, 0.717) is 13.0 Å². The average molecular weight is 214 g/mol. The zero-order valence-electron chi connectivity index (χ0n) is 9.70. The number of rotatable bonds is 4. The summed E-state index contributed by atoms with van der Waals surface area (Å²) in [6.45, 7) is 6.04. The second-order valence-electron chi connectivity index (χ2n) is 4.47. The molecule has 0 aromatic rings. The second kappa shape index (κ2) is 4.21. The van der Waals surface area contributed by atoms with Gasteiger partial charge in [-0.05, 0) is 5.41 Å². The summed E-state index contributed by atoms with van der Waals surface area (Å²) in [6.07, 6.45) is 0.371. The van der Waals surface area contributed by atoms with Gasteiger partial charge in [0.05, 0.1) is 19.6 Å². The van der Waals surface area contributed by atoms with Crippen LogP contribution in [0.2, 0.25) is 0 Å². The second-order valence-corrected chi connectivity index (χ2v) is 4.47. The molecule has 0 saturated heterocycles. The molecule has 15 heavy (non-hydrogen) atoms. The van der Waals surface area contributed by atoms with E-state index in [0.717, 1.165) is 0 Å². The lowest BCUT2D eigenvalue weighted by atomic mass is 10.1. The highest BCUT2D eigenvalue weighted by Gasteiger charge is 2.62. The minimum absolute atomic E-state index is 0.0976. The lowest BCUT2D eigenvalue weighted by Gasteiger charge is -2.03. The van der Waals surface area contributed by atoms with Crippen molar-refractivity contribution < 1.29 is 19.1 Å². The molecule has 4 nitrogen and oxygen atoms in total. The van der Waals surface area contributed by atoms with Crippen molar-refractivity contribution in [3.05, 3.63) is 0 Å². The average Bonchev–Trinajstić information content (AvgIpc) is 2.75. The van der Waals surface area contributed by atoms with Gasteiger partial charge in [0, 0.05) is 12.3 Å². The number of ether oxygens (including phenoxy) is 2. The summed E-state index contributed by atoms with van der Waals surface area (Å²) in [6, 6.07) is 0. The van der Waals surface area contributed by atoms with Crippen molar-refractivity contribution in [2.24, 2.45) is 17.3 Å². The Kier molecular flexibility index (Phi) is 3.37. The molecule has 0 aromatic heterocycles. The van der Waals surface area contributed by atoms with Crippen LogP contribution in [-0.2, 0) is 19.1 Å². The molecule has 1 aliphatic rings. The number of carbonyl (C=O) groups excluding carboxylic acids is 2. The summed E-state index contributed by atoms with van der Waals surface area (Å²) < 4.78 is 9.72. The first-order valence-electron chi connectivity index (χ1n) is 5.18. The van der Waals surface area contributed by atoms with Crippen LogP contribution < -0.4 is 0 Å². The van der Waals surface area contributed by atoms with E-state index in [1.807, 2.05) is 13.8 Å². The Morgan fingerprint density at radius 1 is 1.33 bits per heavy atom. The molecule has 1 fully saturated rings. The minimum atomic E-state index is -0.221. The van der Waals surface area contributed by atoms with Gasteiger partial charge in [0.1, 0.15) is 0 Å². The summed E-state index contributed by atoms with van der Waals surface area (Å²) in [7, 11) is 1.38. The number of methoxy groups -OCH3 is 1. The van der Waals surface area contributed by atoms with Crippen molar-refractivity contribution in [3.63, 3.8) is 0 Å². The molecule has 0 spiro atoms. The van der Waals surface area contributed by atoms with Gasteiger partial charge >= 0.3 is 11.9 Å². The lowest BCUT2D eigenvalue weighted by Crippen LogP contribution is -2.10. The molecule has 0 aliphatic heterocycles. The fraction of sp³-hybridized carbons (Fsp3) is 0.818. The van der Waals surface area contributed by atoms with Crippen molar-refractivity contribution >= 4 is 11.9 Å². The molecule has 2 unspecified atom stereocenters. The van der Waals surface area contributed by atoms with E-state index in [-0.39, 0.29) is 29.2 Å². The lowest BCUT2D eigenvalue weighted by molar-refractivity contribution is -0.146. The summed E-state index contributed by atoms with van der Waals surface area (Å²) in [4.78, 5) is 22.3. The topological polar surface area (TPSA) is 52.6 Å². The first-order valence-corrected chi connectivity index (χ1v) is 5.18. The van der Waals surface area contributed by atoms with E-state index in [2.05, 4.69) is 0 Å². The Hall–Kier alpha value is -1.06. The standard InChI is InChI=1S/C11H18O4/c1-5-8(12)15-6-7-9(10(13)14-4)11(7,2)3/h7,9H,5-6H2,1-4H3. The molecule has 0 N–H and O–H groups in total. The zero-order valence-corrected chi connectivity index (χ0v) is 9.70. The Balaban J connectivity index is 2.45. The number of hydrogen-bond donors (Lipinski definition) is 0. The van der Waals surface area contributed by atoms with E-state index < -0.39 is 0 Å². The van der Waals surface area contributed by atoms with E-state index in [4.69, 9.17) is 9.47 Å². The van der Waals surface area contributed by atoms with Crippen LogP contribution in [-0.4, -0.2) is 25.7 Å². The number of esters is 2. The fourth-order valence-corrected chi connectivity index (χ4v) is 1.93. The van der Waals surface area contributed by atoms with E-state index in [9.17, 15) is 9.59 Å². The summed E-state index contributed by atoms with van der Waals surface area (Å²) in [5.41, 5.74) is -0.110. The normalized spacial score (nSPS) is 26.9. The number of hydrogen-bond acceptors (Lipinski definition) is 4. The van der Waals surface area contributed by atoms with Gasteiger partial charge in [-0.25, -0.2) is 0 Å². The largest absolute Gasteiger partial charge is 0.469 e. The minimum Gasteiger partial charge on any atom is -0.469 e. The van der Waals surface area contributed by atoms with Gasteiger partial charge in [-0.2, -0.15) is 0 Å². The summed E-state index contributed by atoms with van der Waals surface area (Å²) >= 11 is 0. The monoisotopic (exact) mass is 214 g/mol. The molecule has 0 heterocycles. The summed E-state index contributed by atoms with van der Waals surface area (Å²) in [5.74, 6) is -0.466. The highest BCUT2D eigenvalue weighted by Crippen LogP contribution is 2.58. The van der Waals surface area contributed by atoms with Crippen molar-refractivity contribution in [1.29, 1.82) is 0 Å². The van der Waals surface area contributed by atoms with E-state index in [1.165, 1.54) is 7.11 Å². The highest BCUT2D eigenvalue weighted by atomic mass is 16.5. The number of carbonyl (C=O) groups is 2. The summed E-state index contributed by atoms with van der Waals surface area (Å²) in [5, 5.41) is 0. The van der Waals surface area contributed by atoms with Crippen LogP contribution in [0.5, 0.6) is 0 Å². The maximum atomic E-state index is 11.4. The van der Waals surface area contributed by atoms with E-state index >= 15 is 0 Å². The third-order valence-corrected chi connectivity index (χ3v) is 3.22. The maximum absolute atomic E-state index is 11.4. The fourth-order valence-electron chi connectivity index (χ4n) is 1.93.